The quantitative estimate of drug-likeness (QED) is 0.405. The lowest BCUT2D eigenvalue weighted by Gasteiger charge is -2.20. The Balaban J connectivity index is 0. The highest BCUT2D eigenvalue weighted by Gasteiger charge is 2.18. The number of hydrogen-bond acceptors (Lipinski definition) is 3. The molecule has 0 aromatic heterocycles. The summed E-state index contributed by atoms with van der Waals surface area (Å²) in [6, 6.07) is 0. The third-order valence-corrected chi connectivity index (χ3v) is 3.74. The average molecular weight is 330 g/mol. The van der Waals surface area contributed by atoms with Crippen LogP contribution in [0.3, 0.4) is 0 Å². The summed E-state index contributed by atoms with van der Waals surface area (Å²) in [5.74, 6) is -0.726. The minimum Gasteiger partial charge on any atom is -0.550 e. The summed E-state index contributed by atoms with van der Waals surface area (Å²) < 4.78 is 0.470. The van der Waals surface area contributed by atoms with E-state index in [4.69, 9.17) is 9.90 Å². The first kappa shape index (κ1) is 24.4. The fourth-order valence-corrected chi connectivity index (χ4v) is 2.28. The molecule has 0 bridgehead atoms. The number of aliphatic carboxylic acids is 1. The number of amides is 1. The lowest BCUT2D eigenvalue weighted by Crippen LogP contribution is -2.40. The summed E-state index contributed by atoms with van der Waals surface area (Å²) in [5, 5.41) is 8.89. The Morgan fingerprint density at radius 3 is 1.35 bits per heavy atom. The van der Waals surface area contributed by atoms with E-state index in [1.54, 1.807) is 0 Å². The second-order valence-corrected chi connectivity index (χ2v) is 7.18. The molecule has 0 atom stereocenters. The van der Waals surface area contributed by atoms with Gasteiger partial charge in [0.05, 0.1) is 27.6 Å². The first-order chi connectivity index (χ1) is 10.7. The zero-order valence-corrected chi connectivity index (χ0v) is 16.2. The summed E-state index contributed by atoms with van der Waals surface area (Å²) >= 11 is 0. The van der Waals surface area contributed by atoms with Crippen molar-refractivity contribution in [3.05, 3.63) is 0 Å². The number of carboxylic acids is 1. The summed E-state index contributed by atoms with van der Waals surface area (Å²) in [4.78, 5) is 20.6. The Hall–Kier alpha value is -0.900. The molecule has 0 spiro atoms. The number of quaternary nitrogens is 1. The standard InChI is InChI=1S/C17H36NO.C2H4O2/c1-5-6-7-8-9-10-11-12-13-14-15-16-17(19)18(2,3)4;1-2(3)4/h5-16H2,1-4H3;1H3,(H,3,4)/q+1;/p-1. The predicted octanol–water partition coefficient (Wildman–Crippen LogP) is 3.68. The van der Waals surface area contributed by atoms with Crippen molar-refractivity contribution in [1.82, 2.24) is 0 Å². The third-order valence-electron chi connectivity index (χ3n) is 3.74. The molecule has 0 N–H and O–H groups in total. The normalized spacial score (nSPS) is 10.8. The van der Waals surface area contributed by atoms with E-state index in [1.807, 2.05) is 21.1 Å². The van der Waals surface area contributed by atoms with E-state index in [2.05, 4.69) is 6.92 Å². The molecule has 0 saturated carbocycles. The molecule has 0 fully saturated rings. The zero-order chi connectivity index (χ0) is 18.1. The molecule has 0 rings (SSSR count). The van der Waals surface area contributed by atoms with Gasteiger partial charge in [-0.05, 0) is 13.3 Å². The molecule has 138 valence electrons. The molecule has 23 heavy (non-hydrogen) atoms. The van der Waals surface area contributed by atoms with Gasteiger partial charge in [-0.2, -0.15) is 0 Å². The van der Waals surface area contributed by atoms with Gasteiger partial charge >= 0.3 is 5.91 Å². The molecule has 0 radical (unpaired) electrons. The SMILES string of the molecule is CC(=O)[O-].CCCCCCCCCCCCCC(=O)[N+](C)(C)C. The Labute approximate surface area is 143 Å². The maximum atomic E-state index is 11.7. The molecule has 0 aliphatic rings. The molecule has 1 amide bonds. The lowest BCUT2D eigenvalue weighted by molar-refractivity contribution is -0.792. The zero-order valence-electron chi connectivity index (χ0n) is 16.2. The highest BCUT2D eigenvalue weighted by atomic mass is 16.4. The second-order valence-electron chi connectivity index (χ2n) is 7.18. The van der Waals surface area contributed by atoms with Gasteiger partial charge < -0.3 is 9.90 Å². The Morgan fingerprint density at radius 1 is 0.739 bits per heavy atom. The summed E-state index contributed by atoms with van der Waals surface area (Å²) in [5.41, 5.74) is 0. The molecule has 0 aliphatic carbocycles. The van der Waals surface area contributed by atoms with Crippen LogP contribution in [0.5, 0.6) is 0 Å². The maximum absolute atomic E-state index is 11.7. The van der Waals surface area contributed by atoms with E-state index >= 15 is 0 Å². The molecular formula is C19H39NO3. The van der Waals surface area contributed by atoms with Crippen LogP contribution in [0.1, 0.15) is 90.9 Å². The van der Waals surface area contributed by atoms with Crippen molar-refractivity contribution >= 4 is 11.9 Å². The van der Waals surface area contributed by atoms with Crippen LogP contribution in [0.4, 0.5) is 0 Å². The fraction of sp³-hybridized carbons (Fsp3) is 0.895. The van der Waals surface area contributed by atoms with Gasteiger partial charge in [0.2, 0.25) is 0 Å². The minimum atomic E-state index is -1.08. The number of carboxylic acid groups (broad SMARTS) is 1. The largest absolute Gasteiger partial charge is 0.550 e. The van der Waals surface area contributed by atoms with Gasteiger partial charge in [0.25, 0.3) is 0 Å². The van der Waals surface area contributed by atoms with Crippen molar-refractivity contribution in [2.75, 3.05) is 21.1 Å². The lowest BCUT2D eigenvalue weighted by atomic mass is 10.1. The molecule has 0 heterocycles. The van der Waals surface area contributed by atoms with Crippen LogP contribution < -0.4 is 5.11 Å². The van der Waals surface area contributed by atoms with Crippen molar-refractivity contribution in [3.63, 3.8) is 0 Å². The van der Waals surface area contributed by atoms with Crippen LogP contribution in [-0.2, 0) is 9.59 Å². The predicted molar refractivity (Wildman–Crippen MR) is 94.8 cm³/mol. The van der Waals surface area contributed by atoms with Gasteiger partial charge in [-0.3, -0.25) is 4.48 Å². The van der Waals surface area contributed by atoms with Crippen LogP contribution in [0.15, 0.2) is 0 Å². The van der Waals surface area contributed by atoms with Crippen LogP contribution in [-0.4, -0.2) is 37.5 Å². The smallest absolute Gasteiger partial charge is 0.313 e. The van der Waals surface area contributed by atoms with Crippen molar-refractivity contribution in [1.29, 1.82) is 0 Å². The molecular weight excluding hydrogens is 290 g/mol. The Kier molecular flexibility index (Phi) is 16.9. The first-order valence-electron chi connectivity index (χ1n) is 9.24. The second kappa shape index (κ2) is 16.0. The fourth-order valence-electron chi connectivity index (χ4n) is 2.28. The molecule has 4 heteroatoms. The van der Waals surface area contributed by atoms with Crippen molar-refractivity contribution in [3.8, 4) is 0 Å². The van der Waals surface area contributed by atoms with Gasteiger partial charge in [0.15, 0.2) is 0 Å². The number of rotatable bonds is 12. The number of carbonyl (C=O) groups excluding carboxylic acids is 2. The highest BCUT2D eigenvalue weighted by Crippen LogP contribution is 2.12. The van der Waals surface area contributed by atoms with E-state index in [1.165, 1.54) is 64.2 Å². The third kappa shape index (κ3) is 23.5. The molecule has 4 nitrogen and oxygen atoms in total. The number of unbranched alkanes of at least 4 members (excludes halogenated alkanes) is 10. The van der Waals surface area contributed by atoms with Gasteiger partial charge in [-0.15, -0.1) is 0 Å². The van der Waals surface area contributed by atoms with Crippen LogP contribution in [0, 0.1) is 0 Å². The number of hydrogen-bond donors (Lipinski definition) is 0. The monoisotopic (exact) mass is 329 g/mol. The molecule has 0 unspecified atom stereocenters. The maximum Gasteiger partial charge on any atom is 0.313 e. The van der Waals surface area contributed by atoms with E-state index in [9.17, 15) is 4.79 Å². The van der Waals surface area contributed by atoms with Gasteiger partial charge in [0, 0.05) is 5.97 Å². The van der Waals surface area contributed by atoms with E-state index in [0.717, 1.165) is 19.8 Å². The molecule has 0 aromatic carbocycles. The van der Waals surface area contributed by atoms with E-state index in [-0.39, 0.29) is 0 Å². The topological polar surface area (TPSA) is 57.2 Å². The average Bonchev–Trinajstić information content (AvgIpc) is 2.43. The summed E-state index contributed by atoms with van der Waals surface area (Å²) in [6.07, 6.45) is 15.5. The highest BCUT2D eigenvalue weighted by molar-refractivity contribution is 5.68. The van der Waals surface area contributed by atoms with Gasteiger partial charge in [0.1, 0.15) is 0 Å². The van der Waals surface area contributed by atoms with Crippen molar-refractivity contribution in [2.24, 2.45) is 0 Å². The van der Waals surface area contributed by atoms with Crippen molar-refractivity contribution in [2.45, 2.75) is 90.9 Å². The van der Waals surface area contributed by atoms with Gasteiger partial charge in [-0.1, -0.05) is 71.1 Å². The van der Waals surface area contributed by atoms with Crippen LogP contribution >= 0.6 is 0 Å². The summed E-state index contributed by atoms with van der Waals surface area (Å²) in [7, 11) is 5.88. The van der Waals surface area contributed by atoms with Crippen LogP contribution in [0.2, 0.25) is 0 Å². The Morgan fingerprint density at radius 2 is 1.04 bits per heavy atom. The Bertz CT molecular complexity index is 291. The van der Waals surface area contributed by atoms with Gasteiger partial charge in [-0.25, -0.2) is 4.79 Å². The first-order valence-corrected chi connectivity index (χ1v) is 9.24. The minimum absolute atomic E-state index is 0.357. The van der Waals surface area contributed by atoms with Crippen LogP contribution in [0.25, 0.3) is 0 Å². The number of carbonyl (C=O) groups is 2. The molecule has 0 saturated heterocycles. The van der Waals surface area contributed by atoms with E-state index < -0.39 is 5.97 Å². The summed E-state index contributed by atoms with van der Waals surface area (Å²) in [6.45, 7) is 3.24. The molecule has 0 aliphatic heterocycles. The van der Waals surface area contributed by atoms with Crippen molar-refractivity contribution < 1.29 is 19.2 Å². The van der Waals surface area contributed by atoms with E-state index in [0.29, 0.717) is 10.4 Å². The molecule has 0 aromatic rings. The number of nitrogens with zero attached hydrogens (tertiary/aromatic N) is 1.